The molecule has 1 heterocycles. The van der Waals surface area contributed by atoms with Crippen molar-refractivity contribution in [2.24, 2.45) is 23.2 Å². The van der Waals surface area contributed by atoms with Crippen molar-refractivity contribution >= 4 is 23.4 Å². The van der Waals surface area contributed by atoms with E-state index in [1.165, 1.54) is 44.9 Å². The summed E-state index contributed by atoms with van der Waals surface area (Å²) in [6, 6.07) is 1.61. The van der Waals surface area contributed by atoms with Crippen LogP contribution < -0.4 is 11.5 Å². The van der Waals surface area contributed by atoms with E-state index in [-0.39, 0.29) is 0 Å². The molecule has 0 aliphatic heterocycles. The lowest BCUT2D eigenvalue weighted by molar-refractivity contribution is -0.0538. The molecule has 0 radical (unpaired) electrons. The summed E-state index contributed by atoms with van der Waals surface area (Å²) in [5.41, 5.74) is 12.1. The van der Waals surface area contributed by atoms with E-state index in [1.807, 2.05) is 0 Å². The Morgan fingerprint density at radius 2 is 1.52 bits per heavy atom. The Morgan fingerprint density at radius 1 is 1.00 bits per heavy atom. The van der Waals surface area contributed by atoms with Crippen molar-refractivity contribution in [1.82, 2.24) is 9.97 Å². The van der Waals surface area contributed by atoms with Crippen LogP contribution in [-0.2, 0) is 0 Å². The van der Waals surface area contributed by atoms with E-state index in [1.54, 1.807) is 17.8 Å². The third-order valence-electron chi connectivity index (χ3n) is 5.77. The van der Waals surface area contributed by atoms with E-state index in [9.17, 15) is 0 Å². The predicted octanol–water partition coefficient (Wildman–Crippen LogP) is 3.34. The first-order valence-corrected chi connectivity index (χ1v) is 9.12. The normalized spacial score (nSPS) is 37.0. The summed E-state index contributed by atoms with van der Waals surface area (Å²) in [6.45, 7) is 0. The molecule has 0 amide bonds. The molecular formula is C16H24N4S. The van der Waals surface area contributed by atoms with Crippen LogP contribution in [-0.4, -0.2) is 15.7 Å². The number of hydrogen-bond donors (Lipinski definition) is 2. The molecule has 4 aliphatic rings. The minimum absolute atomic E-state index is 0.472. The fourth-order valence-electron chi connectivity index (χ4n) is 5.48. The lowest BCUT2D eigenvalue weighted by Gasteiger charge is -2.57. The number of nitrogens with two attached hydrogens (primary N) is 2. The van der Waals surface area contributed by atoms with Gasteiger partial charge in [-0.3, -0.25) is 0 Å². The Morgan fingerprint density at radius 3 is 2.05 bits per heavy atom. The first-order chi connectivity index (χ1) is 10.1. The standard InChI is InChI=1S/C16H24N4S/c17-13-6-14(18)20-15(19-13)21-2-1-16-7-10-3-11(8-16)5-12(4-10)9-16/h6,10-12H,1-5,7-9H2,(H4,17,18,19,20). The number of nitrogens with zero attached hydrogens (tertiary/aromatic N) is 2. The van der Waals surface area contributed by atoms with Crippen LogP contribution in [0.5, 0.6) is 0 Å². The van der Waals surface area contributed by atoms with Crippen LogP contribution in [0.2, 0.25) is 0 Å². The van der Waals surface area contributed by atoms with Crippen molar-refractivity contribution < 1.29 is 0 Å². The maximum Gasteiger partial charge on any atom is 0.191 e. The van der Waals surface area contributed by atoms with Crippen molar-refractivity contribution in [1.29, 1.82) is 0 Å². The van der Waals surface area contributed by atoms with Gasteiger partial charge in [-0.1, -0.05) is 11.8 Å². The molecule has 4 bridgehead atoms. The zero-order valence-corrected chi connectivity index (χ0v) is 13.2. The van der Waals surface area contributed by atoms with Crippen LogP contribution in [0.3, 0.4) is 0 Å². The third kappa shape index (κ3) is 2.72. The lowest BCUT2D eigenvalue weighted by Crippen LogP contribution is -2.46. The first kappa shape index (κ1) is 13.7. The highest BCUT2D eigenvalue weighted by Crippen LogP contribution is 2.61. The molecule has 0 aromatic carbocycles. The number of aromatic nitrogens is 2. The summed E-state index contributed by atoms with van der Waals surface area (Å²) in [5.74, 6) is 5.12. The van der Waals surface area contributed by atoms with E-state index in [0.29, 0.717) is 17.1 Å². The molecule has 1 aromatic rings. The van der Waals surface area contributed by atoms with E-state index >= 15 is 0 Å². The highest BCUT2D eigenvalue weighted by Gasteiger charge is 2.50. The second kappa shape index (κ2) is 5.04. The average Bonchev–Trinajstić information content (AvgIpc) is 2.35. The van der Waals surface area contributed by atoms with Gasteiger partial charge in [0, 0.05) is 11.8 Å². The van der Waals surface area contributed by atoms with Gasteiger partial charge in [-0.15, -0.1) is 0 Å². The summed E-state index contributed by atoms with van der Waals surface area (Å²) in [7, 11) is 0. The number of rotatable bonds is 4. The second-order valence-corrected chi connectivity index (χ2v) is 8.58. The fourth-order valence-corrected chi connectivity index (χ4v) is 6.54. The maximum atomic E-state index is 5.73. The fraction of sp³-hybridized carbons (Fsp3) is 0.750. The van der Waals surface area contributed by atoms with Gasteiger partial charge in [0.15, 0.2) is 5.16 Å². The Bertz CT molecular complexity index is 490. The molecular weight excluding hydrogens is 280 g/mol. The van der Waals surface area contributed by atoms with Crippen molar-refractivity contribution in [3.05, 3.63) is 6.07 Å². The van der Waals surface area contributed by atoms with Crippen molar-refractivity contribution in [3.8, 4) is 0 Å². The molecule has 4 nitrogen and oxygen atoms in total. The molecule has 21 heavy (non-hydrogen) atoms. The van der Waals surface area contributed by atoms with Gasteiger partial charge in [0.05, 0.1) is 0 Å². The molecule has 4 N–H and O–H groups in total. The van der Waals surface area contributed by atoms with Gasteiger partial charge in [0.2, 0.25) is 0 Å². The largest absolute Gasteiger partial charge is 0.383 e. The second-order valence-electron chi connectivity index (χ2n) is 7.52. The summed E-state index contributed by atoms with van der Waals surface area (Å²) in [4.78, 5) is 8.54. The molecule has 4 saturated carbocycles. The Kier molecular flexibility index (Phi) is 3.28. The summed E-state index contributed by atoms with van der Waals surface area (Å²) >= 11 is 1.72. The highest BCUT2D eigenvalue weighted by atomic mass is 32.2. The number of hydrogen-bond acceptors (Lipinski definition) is 5. The van der Waals surface area contributed by atoms with Crippen LogP contribution in [0.4, 0.5) is 11.6 Å². The van der Waals surface area contributed by atoms with E-state index in [2.05, 4.69) is 9.97 Å². The van der Waals surface area contributed by atoms with Gasteiger partial charge >= 0.3 is 0 Å². The zero-order valence-electron chi connectivity index (χ0n) is 12.4. The minimum atomic E-state index is 0.472. The zero-order chi connectivity index (χ0) is 14.4. The van der Waals surface area contributed by atoms with Crippen molar-refractivity contribution in [2.45, 2.75) is 50.1 Å². The highest BCUT2D eigenvalue weighted by molar-refractivity contribution is 7.99. The average molecular weight is 304 g/mol. The topological polar surface area (TPSA) is 77.8 Å². The lowest BCUT2D eigenvalue weighted by atomic mass is 9.49. The monoisotopic (exact) mass is 304 g/mol. The maximum absolute atomic E-state index is 5.73. The van der Waals surface area contributed by atoms with E-state index in [0.717, 1.165) is 28.7 Å². The quantitative estimate of drug-likeness (QED) is 0.659. The van der Waals surface area contributed by atoms with E-state index < -0.39 is 0 Å². The van der Waals surface area contributed by atoms with Gasteiger partial charge in [-0.25, -0.2) is 9.97 Å². The van der Waals surface area contributed by atoms with Gasteiger partial charge in [0.25, 0.3) is 0 Å². The molecule has 5 heteroatoms. The minimum Gasteiger partial charge on any atom is -0.383 e. The van der Waals surface area contributed by atoms with Crippen molar-refractivity contribution in [3.63, 3.8) is 0 Å². The molecule has 0 unspecified atom stereocenters. The van der Waals surface area contributed by atoms with Crippen LogP contribution in [0.25, 0.3) is 0 Å². The molecule has 0 atom stereocenters. The summed E-state index contributed by atoms with van der Waals surface area (Å²) in [6.07, 6.45) is 10.3. The molecule has 4 aliphatic carbocycles. The predicted molar refractivity (Wildman–Crippen MR) is 86.8 cm³/mol. The molecule has 114 valence electrons. The number of thioether (sulfide) groups is 1. The van der Waals surface area contributed by atoms with Crippen molar-refractivity contribution in [2.75, 3.05) is 17.2 Å². The van der Waals surface area contributed by atoms with Crippen LogP contribution in [0, 0.1) is 23.2 Å². The van der Waals surface area contributed by atoms with Crippen LogP contribution >= 0.6 is 11.8 Å². The number of anilines is 2. The molecule has 5 rings (SSSR count). The van der Waals surface area contributed by atoms with Gasteiger partial charge in [0.1, 0.15) is 11.6 Å². The molecule has 4 fully saturated rings. The van der Waals surface area contributed by atoms with E-state index in [4.69, 9.17) is 11.5 Å². The summed E-state index contributed by atoms with van der Waals surface area (Å²) < 4.78 is 0. The molecule has 0 saturated heterocycles. The summed E-state index contributed by atoms with van der Waals surface area (Å²) in [5, 5.41) is 0.734. The number of nitrogen functional groups attached to an aromatic ring is 2. The van der Waals surface area contributed by atoms with Crippen LogP contribution in [0.1, 0.15) is 44.9 Å². The molecule has 1 aromatic heterocycles. The Labute approximate surface area is 130 Å². The smallest absolute Gasteiger partial charge is 0.191 e. The Hall–Kier alpha value is -0.970. The van der Waals surface area contributed by atoms with Crippen LogP contribution in [0.15, 0.2) is 11.2 Å². The first-order valence-electron chi connectivity index (χ1n) is 8.13. The third-order valence-corrected chi connectivity index (χ3v) is 6.62. The van der Waals surface area contributed by atoms with Gasteiger partial charge < -0.3 is 11.5 Å². The Balaban J connectivity index is 1.38. The molecule has 0 spiro atoms. The van der Waals surface area contributed by atoms with Gasteiger partial charge in [-0.2, -0.15) is 0 Å². The van der Waals surface area contributed by atoms with Gasteiger partial charge in [-0.05, 0) is 68.1 Å². The SMILES string of the molecule is Nc1cc(N)nc(SCCC23CC4CC(CC(C4)C2)C3)n1.